The van der Waals surface area contributed by atoms with Crippen LogP contribution >= 0.6 is 22.7 Å². The van der Waals surface area contributed by atoms with E-state index in [2.05, 4.69) is 20.6 Å². The van der Waals surface area contributed by atoms with Crippen LogP contribution in [0.4, 0.5) is 29.1 Å². The molecule has 2 aromatic heterocycles. The molecule has 2 amide bonds. The van der Waals surface area contributed by atoms with Crippen molar-refractivity contribution in [2.24, 2.45) is 0 Å². The average Bonchev–Trinajstić information content (AvgIpc) is 3.26. The highest BCUT2D eigenvalue weighted by molar-refractivity contribution is 7.17. The number of hydrogen-bond acceptors (Lipinski definition) is 7. The Bertz CT molecular complexity index is 1110. The molecular formula is C19H18F3N5O2S2. The van der Waals surface area contributed by atoms with Crippen LogP contribution in [-0.2, 0) is 17.4 Å². The molecule has 0 fully saturated rings. The van der Waals surface area contributed by atoms with Gasteiger partial charge in [0.2, 0.25) is 5.91 Å². The lowest BCUT2D eigenvalue weighted by Gasteiger charge is -2.08. The van der Waals surface area contributed by atoms with Crippen molar-refractivity contribution in [1.82, 2.24) is 14.9 Å². The van der Waals surface area contributed by atoms with Gasteiger partial charge < -0.3 is 15.5 Å². The number of rotatable bonds is 6. The molecule has 2 heterocycles. The van der Waals surface area contributed by atoms with E-state index < -0.39 is 11.7 Å². The van der Waals surface area contributed by atoms with Crippen LogP contribution in [0.15, 0.2) is 29.6 Å². The van der Waals surface area contributed by atoms with Crippen LogP contribution in [0.5, 0.6) is 0 Å². The van der Waals surface area contributed by atoms with E-state index in [1.54, 1.807) is 26.4 Å². The first-order chi connectivity index (χ1) is 14.5. The Morgan fingerprint density at radius 3 is 2.58 bits per heavy atom. The lowest BCUT2D eigenvalue weighted by molar-refractivity contribution is -0.137. The summed E-state index contributed by atoms with van der Waals surface area (Å²) in [5.74, 6) is -0.561. The molecule has 0 radical (unpaired) electrons. The maximum atomic E-state index is 12.8. The zero-order valence-corrected chi connectivity index (χ0v) is 18.3. The van der Waals surface area contributed by atoms with E-state index in [1.165, 1.54) is 28.4 Å². The number of alkyl halides is 3. The number of carbonyl (C=O) groups excluding carboxylic acids is 2. The SMILES string of the molecule is Cc1nc(NC(=O)Cc2csc(Nc3cccc(C(F)(F)F)c3)n2)sc1C(=O)N(C)C. The minimum absolute atomic E-state index is 0.0453. The Morgan fingerprint density at radius 2 is 1.90 bits per heavy atom. The number of carbonyl (C=O) groups is 2. The Balaban J connectivity index is 1.62. The topological polar surface area (TPSA) is 87.2 Å². The highest BCUT2D eigenvalue weighted by atomic mass is 32.1. The van der Waals surface area contributed by atoms with E-state index in [0.29, 0.717) is 26.5 Å². The second-order valence-electron chi connectivity index (χ2n) is 6.71. The fourth-order valence-corrected chi connectivity index (χ4v) is 4.26. The van der Waals surface area contributed by atoms with E-state index in [9.17, 15) is 22.8 Å². The summed E-state index contributed by atoms with van der Waals surface area (Å²) in [6.45, 7) is 1.69. The van der Waals surface area contributed by atoms with Crippen molar-refractivity contribution in [3.8, 4) is 0 Å². The third kappa shape index (κ3) is 5.79. The molecule has 164 valence electrons. The number of aryl methyl sites for hydroxylation is 1. The number of aromatic nitrogens is 2. The Morgan fingerprint density at radius 1 is 1.16 bits per heavy atom. The molecule has 7 nitrogen and oxygen atoms in total. The van der Waals surface area contributed by atoms with Gasteiger partial charge in [-0.05, 0) is 25.1 Å². The molecule has 0 spiro atoms. The summed E-state index contributed by atoms with van der Waals surface area (Å²) in [6.07, 6.45) is -4.48. The van der Waals surface area contributed by atoms with Crippen LogP contribution in [0, 0.1) is 6.92 Å². The first-order valence-electron chi connectivity index (χ1n) is 8.90. The van der Waals surface area contributed by atoms with Gasteiger partial charge in [0.1, 0.15) is 4.88 Å². The lowest BCUT2D eigenvalue weighted by Crippen LogP contribution is -2.21. The summed E-state index contributed by atoms with van der Waals surface area (Å²) in [6, 6.07) is 4.78. The third-order valence-corrected chi connectivity index (χ3v) is 5.85. The van der Waals surface area contributed by atoms with Gasteiger partial charge in [-0.25, -0.2) is 9.97 Å². The average molecular weight is 470 g/mol. The van der Waals surface area contributed by atoms with Gasteiger partial charge in [0.05, 0.1) is 23.4 Å². The predicted octanol–water partition coefficient (Wildman–Crippen LogP) is 4.55. The number of nitrogens with one attached hydrogen (secondary N) is 2. The first-order valence-corrected chi connectivity index (χ1v) is 10.6. The third-order valence-electron chi connectivity index (χ3n) is 3.98. The molecule has 31 heavy (non-hydrogen) atoms. The number of halogens is 3. The van der Waals surface area contributed by atoms with E-state index in [0.717, 1.165) is 23.5 Å². The number of hydrogen-bond donors (Lipinski definition) is 2. The van der Waals surface area contributed by atoms with Crippen LogP contribution in [0.25, 0.3) is 0 Å². The fourth-order valence-electron chi connectivity index (χ4n) is 2.52. The van der Waals surface area contributed by atoms with Gasteiger partial charge in [0, 0.05) is 25.2 Å². The highest BCUT2D eigenvalue weighted by Crippen LogP contribution is 2.32. The number of benzene rings is 1. The van der Waals surface area contributed by atoms with E-state index >= 15 is 0 Å². The van der Waals surface area contributed by atoms with E-state index in [-0.39, 0.29) is 23.9 Å². The van der Waals surface area contributed by atoms with Crippen molar-refractivity contribution in [3.05, 3.63) is 51.5 Å². The van der Waals surface area contributed by atoms with Gasteiger partial charge in [-0.1, -0.05) is 17.4 Å². The lowest BCUT2D eigenvalue weighted by atomic mass is 10.2. The maximum absolute atomic E-state index is 12.8. The smallest absolute Gasteiger partial charge is 0.344 e. The van der Waals surface area contributed by atoms with Crippen LogP contribution < -0.4 is 10.6 Å². The summed E-state index contributed by atoms with van der Waals surface area (Å²) in [7, 11) is 3.26. The zero-order chi connectivity index (χ0) is 22.8. The molecule has 0 bridgehead atoms. The van der Waals surface area contributed by atoms with Gasteiger partial charge in [0.25, 0.3) is 5.91 Å². The van der Waals surface area contributed by atoms with Crippen molar-refractivity contribution in [3.63, 3.8) is 0 Å². The van der Waals surface area contributed by atoms with Gasteiger partial charge in [-0.3, -0.25) is 9.59 Å². The summed E-state index contributed by atoms with van der Waals surface area (Å²) in [5.41, 5.74) is 0.464. The second kappa shape index (κ2) is 9.02. The van der Waals surface area contributed by atoms with Crippen LogP contribution in [0.2, 0.25) is 0 Å². The quantitative estimate of drug-likeness (QED) is 0.553. The molecule has 0 saturated carbocycles. The Hall–Kier alpha value is -2.99. The van der Waals surface area contributed by atoms with E-state index in [4.69, 9.17) is 0 Å². The highest BCUT2D eigenvalue weighted by Gasteiger charge is 2.30. The zero-order valence-electron chi connectivity index (χ0n) is 16.7. The number of thiazole rings is 2. The molecule has 0 aliphatic heterocycles. The molecule has 3 rings (SSSR count). The van der Waals surface area contributed by atoms with Gasteiger partial charge in [-0.15, -0.1) is 11.3 Å². The minimum atomic E-state index is -4.44. The number of amides is 2. The molecular weight excluding hydrogens is 451 g/mol. The predicted molar refractivity (Wildman–Crippen MR) is 114 cm³/mol. The van der Waals surface area contributed by atoms with Crippen molar-refractivity contribution in [2.75, 3.05) is 24.7 Å². The molecule has 0 unspecified atom stereocenters. The standard InChI is InChI=1S/C19H18F3N5O2S2/c1-10-15(16(29)27(2)3)31-18(23-10)26-14(28)8-13-9-30-17(25-13)24-12-6-4-5-11(7-12)19(20,21)22/h4-7,9H,8H2,1-3H3,(H,24,25)(H,23,26,28). The molecule has 0 atom stereocenters. The number of anilines is 3. The summed E-state index contributed by atoms with van der Waals surface area (Å²) in [5, 5.41) is 7.78. The molecule has 0 saturated heterocycles. The second-order valence-corrected chi connectivity index (χ2v) is 8.56. The summed E-state index contributed by atoms with van der Waals surface area (Å²) < 4.78 is 38.5. The van der Waals surface area contributed by atoms with Crippen molar-refractivity contribution < 1.29 is 22.8 Å². The monoisotopic (exact) mass is 469 g/mol. The molecule has 3 aromatic rings. The molecule has 0 aliphatic rings. The summed E-state index contributed by atoms with van der Waals surface area (Å²) >= 11 is 2.26. The normalized spacial score (nSPS) is 11.3. The maximum Gasteiger partial charge on any atom is 0.416 e. The van der Waals surface area contributed by atoms with Crippen LogP contribution in [0.3, 0.4) is 0 Å². The molecule has 2 N–H and O–H groups in total. The van der Waals surface area contributed by atoms with Crippen molar-refractivity contribution >= 4 is 50.4 Å². The van der Waals surface area contributed by atoms with Gasteiger partial charge in [-0.2, -0.15) is 13.2 Å². The Labute approximate surface area is 183 Å². The van der Waals surface area contributed by atoms with Crippen LogP contribution in [-0.4, -0.2) is 40.8 Å². The number of nitrogens with zero attached hydrogens (tertiary/aromatic N) is 3. The van der Waals surface area contributed by atoms with E-state index in [1.807, 2.05) is 0 Å². The Kier molecular flexibility index (Phi) is 6.60. The van der Waals surface area contributed by atoms with Gasteiger partial charge >= 0.3 is 6.18 Å². The fraction of sp³-hybridized carbons (Fsp3) is 0.263. The largest absolute Gasteiger partial charge is 0.416 e. The summed E-state index contributed by atoms with van der Waals surface area (Å²) in [4.78, 5) is 34.7. The minimum Gasteiger partial charge on any atom is -0.344 e. The molecule has 0 aliphatic carbocycles. The van der Waals surface area contributed by atoms with Crippen molar-refractivity contribution in [1.29, 1.82) is 0 Å². The van der Waals surface area contributed by atoms with Crippen LogP contribution in [0.1, 0.15) is 26.6 Å². The van der Waals surface area contributed by atoms with Crippen molar-refractivity contribution in [2.45, 2.75) is 19.5 Å². The first kappa shape index (κ1) is 22.7. The van der Waals surface area contributed by atoms with Gasteiger partial charge in [0.15, 0.2) is 10.3 Å². The molecule has 12 heteroatoms. The molecule has 1 aromatic carbocycles.